The molecule has 2 aromatic carbocycles. The Kier molecular flexibility index (Phi) is 7.69. The minimum atomic E-state index is -0.430. The molecule has 0 aromatic heterocycles. The Morgan fingerprint density at radius 1 is 1.04 bits per heavy atom. The molecule has 2 N–H and O–H groups in total. The van der Waals surface area contributed by atoms with E-state index in [-0.39, 0.29) is 17.4 Å². The van der Waals surface area contributed by atoms with Gasteiger partial charge in [0.15, 0.2) is 5.78 Å². The maximum Gasteiger partial charge on any atom is 0.269 e. The molecule has 0 aliphatic carbocycles. The zero-order valence-corrected chi connectivity index (χ0v) is 16.4. The number of nitrogens with one attached hydrogen (secondary N) is 2. The second-order valence-corrected chi connectivity index (χ2v) is 7.01. The highest BCUT2D eigenvalue weighted by Gasteiger charge is 2.10. The monoisotopic (exact) mass is 406 g/mol. The summed E-state index contributed by atoms with van der Waals surface area (Å²) in [6.07, 6.45) is 0. The van der Waals surface area contributed by atoms with Crippen molar-refractivity contribution in [3.05, 3.63) is 64.2 Å². The number of halogens is 1. The number of thioether (sulfide) groups is 1. The summed E-state index contributed by atoms with van der Waals surface area (Å²) in [6, 6.07) is 11.5. The van der Waals surface area contributed by atoms with Crippen molar-refractivity contribution in [2.24, 2.45) is 0 Å². The van der Waals surface area contributed by atoms with Crippen molar-refractivity contribution >= 4 is 41.0 Å². The summed E-state index contributed by atoms with van der Waals surface area (Å²) in [4.78, 5) is 35.3. The zero-order chi connectivity index (χ0) is 19.8. The fraction of sp³-hybridized carbons (Fsp3) is 0.211. The molecule has 0 radical (unpaired) electrons. The predicted octanol–water partition coefficient (Wildman–Crippen LogP) is 3.25. The normalized spacial score (nSPS) is 10.2. The Hall–Kier alpha value is -2.51. The maximum atomic E-state index is 11.9. The molecular formula is C19H19ClN2O4S. The van der Waals surface area contributed by atoms with E-state index in [0.29, 0.717) is 27.7 Å². The van der Waals surface area contributed by atoms with Gasteiger partial charge in [-0.3, -0.25) is 25.2 Å². The van der Waals surface area contributed by atoms with Crippen molar-refractivity contribution in [2.45, 2.75) is 12.7 Å². The summed E-state index contributed by atoms with van der Waals surface area (Å²) >= 11 is 7.11. The lowest BCUT2D eigenvalue weighted by Gasteiger charge is -2.10. The van der Waals surface area contributed by atoms with Gasteiger partial charge in [-0.25, -0.2) is 0 Å². The minimum Gasteiger partial charge on any atom is -0.496 e. The Balaban J connectivity index is 1.82. The van der Waals surface area contributed by atoms with Gasteiger partial charge in [0.05, 0.1) is 12.9 Å². The molecule has 2 rings (SSSR count). The number of rotatable bonds is 7. The minimum absolute atomic E-state index is 0.0356. The summed E-state index contributed by atoms with van der Waals surface area (Å²) in [5.74, 6) is 0.470. The predicted molar refractivity (Wildman–Crippen MR) is 106 cm³/mol. The summed E-state index contributed by atoms with van der Waals surface area (Å²) < 4.78 is 5.28. The van der Waals surface area contributed by atoms with Crippen LogP contribution in [0.5, 0.6) is 5.75 Å². The molecular weight excluding hydrogens is 388 g/mol. The maximum absolute atomic E-state index is 11.9. The van der Waals surface area contributed by atoms with Crippen LogP contribution >= 0.6 is 23.4 Å². The summed E-state index contributed by atoms with van der Waals surface area (Å²) in [7, 11) is 1.55. The fourth-order valence-corrected chi connectivity index (χ4v) is 3.13. The van der Waals surface area contributed by atoms with E-state index < -0.39 is 5.91 Å². The van der Waals surface area contributed by atoms with Crippen LogP contribution in [0.3, 0.4) is 0 Å². The third kappa shape index (κ3) is 6.30. The van der Waals surface area contributed by atoms with Crippen LogP contribution in [0.2, 0.25) is 5.02 Å². The van der Waals surface area contributed by atoms with E-state index in [0.717, 1.165) is 5.56 Å². The molecule has 0 aliphatic heterocycles. The van der Waals surface area contributed by atoms with Crippen LogP contribution in [0.25, 0.3) is 0 Å². The highest BCUT2D eigenvalue weighted by Crippen LogP contribution is 2.24. The van der Waals surface area contributed by atoms with E-state index in [1.807, 2.05) is 0 Å². The molecule has 0 bridgehead atoms. The number of ether oxygens (including phenoxy) is 1. The van der Waals surface area contributed by atoms with Gasteiger partial charge in [0, 0.05) is 27.5 Å². The molecule has 0 heterocycles. The molecule has 8 heteroatoms. The number of carbonyl (C=O) groups excluding carboxylic acids is 3. The molecule has 2 amide bonds. The molecule has 27 heavy (non-hydrogen) atoms. The third-order valence-electron chi connectivity index (χ3n) is 3.60. The van der Waals surface area contributed by atoms with Crippen LogP contribution in [-0.2, 0) is 10.5 Å². The first kappa shape index (κ1) is 20.8. The number of hydrazine groups is 1. The SMILES string of the molecule is COc1ccc(C(C)=O)cc1CSCC(=O)NNC(=O)c1ccc(Cl)cc1. The van der Waals surface area contributed by atoms with Gasteiger partial charge in [0.25, 0.3) is 5.91 Å². The van der Waals surface area contributed by atoms with Gasteiger partial charge in [0.1, 0.15) is 5.75 Å². The van der Waals surface area contributed by atoms with E-state index >= 15 is 0 Å². The van der Waals surface area contributed by atoms with E-state index in [9.17, 15) is 14.4 Å². The average molecular weight is 407 g/mol. The van der Waals surface area contributed by atoms with Crippen LogP contribution in [0.15, 0.2) is 42.5 Å². The first-order chi connectivity index (χ1) is 12.9. The van der Waals surface area contributed by atoms with Gasteiger partial charge in [-0.05, 0) is 49.4 Å². The van der Waals surface area contributed by atoms with Gasteiger partial charge in [-0.1, -0.05) is 11.6 Å². The smallest absolute Gasteiger partial charge is 0.269 e. The van der Waals surface area contributed by atoms with E-state index in [1.165, 1.54) is 18.7 Å². The van der Waals surface area contributed by atoms with Crippen molar-refractivity contribution in [2.75, 3.05) is 12.9 Å². The van der Waals surface area contributed by atoms with Crippen LogP contribution in [-0.4, -0.2) is 30.5 Å². The third-order valence-corrected chi connectivity index (χ3v) is 4.83. The number of hydrogen-bond acceptors (Lipinski definition) is 5. The van der Waals surface area contributed by atoms with Gasteiger partial charge >= 0.3 is 0 Å². The topological polar surface area (TPSA) is 84.5 Å². The number of ketones is 1. The van der Waals surface area contributed by atoms with Crippen LogP contribution < -0.4 is 15.6 Å². The van der Waals surface area contributed by atoms with E-state index in [1.54, 1.807) is 49.6 Å². The number of benzene rings is 2. The number of carbonyl (C=O) groups is 3. The molecule has 6 nitrogen and oxygen atoms in total. The van der Waals surface area contributed by atoms with Crippen molar-refractivity contribution < 1.29 is 19.1 Å². The van der Waals surface area contributed by atoms with Crippen molar-refractivity contribution in [3.8, 4) is 5.75 Å². The zero-order valence-electron chi connectivity index (χ0n) is 14.9. The van der Waals surface area contributed by atoms with Crippen molar-refractivity contribution in [1.29, 1.82) is 0 Å². The Bertz CT molecular complexity index is 840. The molecule has 0 aliphatic rings. The first-order valence-electron chi connectivity index (χ1n) is 8.01. The Labute approximate surface area is 166 Å². The highest BCUT2D eigenvalue weighted by atomic mass is 35.5. The number of amides is 2. The van der Waals surface area contributed by atoms with E-state index in [2.05, 4.69) is 10.9 Å². The van der Waals surface area contributed by atoms with Gasteiger partial charge < -0.3 is 4.74 Å². The second kappa shape index (κ2) is 9.99. The van der Waals surface area contributed by atoms with Crippen LogP contribution in [0.1, 0.15) is 33.2 Å². The molecule has 2 aromatic rings. The molecule has 0 spiro atoms. The number of hydrogen-bond donors (Lipinski definition) is 2. The Morgan fingerprint density at radius 2 is 1.70 bits per heavy atom. The summed E-state index contributed by atoms with van der Waals surface area (Å²) in [5, 5.41) is 0.524. The molecule has 142 valence electrons. The van der Waals surface area contributed by atoms with Crippen LogP contribution in [0.4, 0.5) is 0 Å². The largest absolute Gasteiger partial charge is 0.496 e. The molecule has 0 atom stereocenters. The van der Waals surface area contributed by atoms with Crippen molar-refractivity contribution in [1.82, 2.24) is 10.9 Å². The lowest BCUT2D eigenvalue weighted by molar-refractivity contribution is -0.119. The van der Waals surface area contributed by atoms with Gasteiger partial charge in [0.2, 0.25) is 5.91 Å². The van der Waals surface area contributed by atoms with E-state index in [4.69, 9.17) is 16.3 Å². The average Bonchev–Trinajstić information content (AvgIpc) is 2.66. The highest BCUT2D eigenvalue weighted by molar-refractivity contribution is 7.99. The summed E-state index contributed by atoms with van der Waals surface area (Å²) in [6.45, 7) is 1.50. The lowest BCUT2D eigenvalue weighted by Crippen LogP contribution is -2.42. The second-order valence-electron chi connectivity index (χ2n) is 5.58. The molecule has 0 saturated heterocycles. The van der Waals surface area contributed by atoms with Gasteiger partial charge in [-0.15, -0.1) is 11.8 Å². The quantitative estimate of drug-likeness (QED) is 0.544. The first-order valence-corrected chi connectivity index (χ1v) is 9.54. The summed E-state index contributed by atoms with van der Waals surface area (Å²) in [5.41, 5.74) is 6.51. The standard InChI is InChI=1S/C19H19ClN2O4S/c1-12(23)14-5-8-17(26-2)15(9-14)10-27-11-18(24)21-22-19(25)13-3-6-16(20)7-4-13/h3-9H,10-11H2,1-2H3,(H,21,24)(H,22,25). The number of Topliss-reactive ketones (excluding diaryl/α,β-unsaturated/α-hetero) is 1. The molecule has 0 fully saturated rings. The molecule has 0 saturated carbocycles. The Morgan fingerprint density at radius 3 is 2.33 bits per heavy atom. The number of methoxy groups -OCH3 is 1. The van der Waals surface area contributed by atoms with Crippen LogP contribution in [0, 0.1) is 0 Å². The molecule has 0 unspecified atom stereocenters. The fourth-order valence-electron chi connectivity index (χ4n) is 2.20. The lowest BCUT2D eigenvalue weighted by atomic mass is 10.1. The van der Waals surface area contributed by atoms with Gasteiger partial charge in [-0.2, -0.15) is 0 Å². The van der Waals surface area contributed by atoms with Crippen molar-refractivity contribution in [3.63, 3.8) is 0 Å².